The van der Waals surface area contributed by atoms with Gasteiger partial charge in [0.2, 0.25) is 0 Å². The normalized spacial score (nSPS) is 10.9. The van der Waals surface area contributed by atoms with Crippen LogP contribution in [0.4, 0.5) is 0 Å². The fourth-order valence-electron chi connectivity index (χ4n) is 2.12. The Bertz CT molecular complexity index is 713. The van der Waals surface area contributed by atoms with E-state index in [9.17, 15) is 4.79 Å². The van der Waals surface area contributed by atoms with Gasteiger partial charge in [-0.1, -0.05) is 6.07 Å². The second-order valence-corrected chi connectivity index (χ2v) is 4.22. The van der Waals surface area contributed by atoms with E-state index in [2.05, 4.69) is 4.98 Å². The first-order valence-electron chi connectivity index (χ1n) is 5.97. The average Bonchev–Trinajstić information content (AvgIpc) is 3.04. The Labute approximate surface area is 109 Å². The number of carboxylic acids is 1. The lowest BCUT2D eigenvalue weighted by Crippen LogP contribution is -1.98. The van der Waals surface area contributed by atoms with Gasteiger partial charge in [0.1, 0.15) is 11.6 Å². The molecule has 3 rings (SSSR count). The van der Waals surface area contributed by atoms with E-state index in [1.54, 1.807) is 18.4 Å². The van der Waals surface area contributed by atoms with Gasteiger partial charge in [0.15, 0.2) is 5.69 Å². The fraction of sp³-hybridized carbons (Fsp3) is 0.143. The number of nitrogens with zero attached hydrogens (tertiary/aromatic N) is 2. The molecule has 5 nitrogen and oxygen atoms in total. The van der Waals surface area contributed by atoms with Crippen molar-refractivity contribution >= 4 is 11.5 Å². The zero-order valence-electron chi connectivity index (χ0n) is 10.1. The standard InChI is InChI=1S/C14H12N2O3/c17-14(18)13-11-5-1-2-8-16(11)12(15-13)7-6-10-4-3-9-19-10/h1-5,8-9H,6-7H2,(H,17,18). The molecule has 3 aromatic rings. The summed E-state index contributed by atoms with van der Waals surface area (Å²) >= 11 is 0. The fourth-order valence-corrected chi connectivity index (χ4v) is 2.12. The number of hydrogen-bond donors (Lipinski definition) is 1. The van der Waals surface area contributed by atoms with Crippen molar-refractivity contribution in [1.82, 2.24) is 9.38 Å². The molecule has 1 N–H and O–H groups in total. The smallest absolute Gasteiger partial charge is 0.356 e. The highest BCUT2D eigenvalue weighted by Crippen LogP contribution is 2.15. The molecule has 0 bridgehead atoms. The Hall–Kier alpha value is -2.56. The molecule has 0 aromatic carbocycles. The molecule has 0 fully saturated rings. The minimum absolute atomic E-state index is 0.0926. The van der Waals surface area contributed by atoms with Gasteiger partial charge in [-0.2, -0.15) is 0 Å². The number of imidazole rings is 1. The monoisotopic (exact) mass is 256 g/mol. The van der Waals surface area contributed by atoms with Crippen LogP contribution >= 0.6 is 0 Å². The van der Waals surface area contributed by atoms with Gasteiger partial charge in [-0.3, -0.25) is 0 Å². The second-order valence-electron chi connectivity index (χ2n) is 4.22. The van der Waals surface area contributed by atoms with Crippen molar-refractivity contribution in [1.29, 1.82) is 0 Å². The zero-order valence-corrected chi connectivity index (χ0v) is 10.1. The summed E-state index contributed by atoms with van der Waals surface area (Å²) in [5.41, 5.74) is 0.708. The first-order chi connectivity index (χ1) is 9.25. The summed E-state index contributed by atoms with van der Waals surface area (Å²) in [6.45, 7) is 0. The van der Waals surface area contributed by atoms with Gasteiger partial charge >= 0.3 is 5.97 Å². The minimum atomic E-state index is -1.01. The highest BCUT2D eigenvalue weighted by Gasteiger charge is 2.16. The average molecular weight is 256 g/mol. The highest BCUT2D eigenvalue weighted by molar-refractivity contribution is 5.93. The van der Waals surface area contributed by atoms with Crippen LogP contribution in [0.3, 0.4) is 0 Å². The van der Waals surface area contributed by atoms with E-state index in [-0.39, 0.29) is 5.69 Å². The van der Waals surface area contributed by atoms with Crippen molar-refractivity contribution in [2.75, 3.05) is 0 Å². The third-order valence-electron chi connectivity index (χ3n) is 3.00. The molecule has 0 saturated carbocycles. The number of aryl methyl sites for hydroxylation is 2. The molecule has 0 aliphatic carbocycles. The topological polar surface area (TPSA) is 67.7 Å². The minimum Gasteiger partial charge on any atom is -0.476 e. The van der Waals surface area contributed by atoms with Crippen LogP contribution in [0.1, 0.15) is 22.1 Å². The molecule has 0 saturated heterocycles. The number of furan rings is 1. The molecule has 19 heavy (non-hydrogen) atoms. The molecule has 96 valence electrons. The van der Waals surface area contributed by atoms with Crippen LogP contribution in [0.25, 0.3) is 5.52 Å². The largest absolute Gasteiger partial charge is 0.476 e. The van der Waals surface area contributed by atoms with Crippen LogP contribution in [0, 0.1) is 0 Å². The summed E-state index contributed by atoms with van der Waals surface area (Å²) < 4.78 is 7.08. The van der Waals surface area contributed by atoms with Crippen LogP contribution in [0.2, 0.25) is 0 Å². The van der Waals surface area contributed by atoms with E-state index in [1.165, 1.54) is 0 Å². The van der Waals surface area contributed by atoms with Crippen molar-refractivity contribution in [3.63, 3.8) is 0 Å². The van der Waals surface area contributed by atoms with Gasteiger partial charge in [-0.15, -0.1) is 0 Å². The second kappa shape index (κ2) is 4.61. The van der Waals surface area contributed by atoms with Crippen LogP contribution in [-0.2, 0) is 12.8 Å². The molecule has 0 unspecified atom stereocenters. The van der Waals surface area contributed by atoms with Gasteiger partial charge < -0.3 is 13.9 Å². The lowest BCUT2D eigenvalue weighted by Gasteiger charge is -1.99. The van der Waals surface area contributed by atoms with Crippen molar-refractivity contribution in [3.05, 3.63) is 60.1 Å². The lowest BCUT2D eigenvalue weighted by molar-refractivity contribution is 0.0693. The Morgan fingerprint density at radius 1 is 1.26 bits per heavy atom. The van der Waals surface area contributed by atoms with Gasteiger partial charge in [-0.25, -0.2) is 9.78 Å². The number of hydrogen-bond acceptors (Lipinski definition) is 3. The maximum absolute atomic E-state index is 11.2. The molecular weight excluding hydrogens is 244 g/mol. The number of aromatic nitrogens is 2. The van der Waals surface area contributed by atoms with Crippen molar-refractivity contribution in [2.24, 2.45) is 0 Å². The summed E-state index contributed by atoms with van der Waals surface area (Å²) in [6, 6.07) is 9.15. The van der Waals surface area contributed by atoms with Gasteiger partial charge in [0.05, 0.1) is 11.8 Å². The van der Waals surface area contributed by atoms with Gasteiger partial charge in [0.25, 0.3) is 0 Å². The number of carboxylic acid groups (broad SMARTS) is 1. The molecule has 3 aromatic heterocycles. The Morgan fingerprint density at radius 3 is 2.89 bits per heavy atom. The SMILES string of the molecule is O=C(O)c1nc(CCc2ccco2)n2ccccc12. The first-order valence-corrected chi connectivity index (χ1v) is 5.97. The Kier molecular flexibility index (Phi) is 2.79. The number of rotatable bonds is 4. The number of fused-ring (bicyclic) bond motifs is 1. The van der Waals surface area contributed by atoms with Gasteiger partial charge in [0, 0.05) is 19.0 Å². The van der Waals surface area contributed by atoms with E-state index < -0.39 is 5.97 Å². The van der Waals surface area contributed by atoms with Crippen molar-refractivity contribution < 1.29 is 14.3 Å². The zero-order chi connectivity index (χ0) is 13.2. The summed E-state index contributed by atoms with van der Waals surface area (Å²) in [6.07, 6.45) is 4.78. The highest BCUT2D eigenvalue weighted by atomic mass is 16.4. The van der Waals surface area contributed by atoms with Crippen molar-refractivity contribution in [2.45, 2.75) is 12.8 Å². The molecule has 0 aliphatic rings. The predicted octanol–water partition coefficient (Wildman–Crippen LogP) is 2.41. The molecule has 0 spiro atoms. The molecule has 0 radical (unpaired) electrons. The molecule has 0 aliphatic heterocycles. The summed E-state index contributed by atoms with van der Waals surface area (Å²) in [5.74, 6) is 0.585. The Balaban J connectivity index is 1.97. The number of pyridine rings is 1. The molecular formula is C14H12N2O3. The van der Waals surface area contributed by atoms with Crippen LogP contribution in [-0.4, -0.2) is 20.5 Å². The van der Waals surface area contributed by atoms with Crippen LogP contribution < -0.4 is 0 Å². The van der Waals surface area contributed by atoms with E-state index in [4.69, 9.17) is 9.52 Å². The lowest BCUT2D eigenvalue weighted by atomic mass is 10.2. The maximum Gasteiger partial charge on any atom is 0.356 e. The summed E-state index contributed by atoms with van der Waals surface area (Å²) in [7, 11) is 0. The quantitative estimate of drug-likeness (QED) is 0.778. The number of carbonyl (C=O) groups is 1. The van der Waals surface area contributed by atoms with Crippen LogP contribution in [0.5, 0.6) is 0 Å². The molecule has 0 atom stereocenters. The van der Waals surface area contributed by atoms with E-state index in [0.717, 1.165) is 11.6 Å². The summed E-state index contributed by atoms with van der Waals surface area (Å²) in [5, 5.41) is 9.15. The summed E-state index contributed by atoms with van der Waals surface area (Å²) in [4.78, 5) is 15.4. The van der Waals surface area contributed by atoms with E-state index in [0.29, 0.717) is 18.4 Å². The van der Waals surface area contributed by atoms with E-state index in [1.807, 2.05) is 28.8 Å². The van der Waals surface area contributed by atoms with Crippen molar-refractivity contribution in [3.8, 4) is 0 Å². The number of aromatic carboxylic acids is 1. The van der Waals surface area contributed by atoms with E-state index >= 15 is 0 Å². The molecule has 5 heteroatoms. The third kappa shape index (κ3) is 2.10. The van der Waals surface area contributed by atoms with Crippen LogP contribution in [0.15, 0.2) is 47.2 Å². The van der Waals surface area contributed by atoms with Gasteiger partial charge in [-0.05, 0) is 24.3 Å². The molecule has 3 heterocycles. The Morgan fingerprint density at radius 2 is 2.16 bits per heavy atom. The molecule has 0 amide bonds. The third-order valence-corrected chi connectivity index (χ3v) is 3.00. The first kappa shape index (κ1) is 11.5. The predicted molar refractivity (Wildman–Crippen MR) is 68.3 cm³/mol. The maximum atomic E-state index is 11.2.